The molecule has 1 aliphatic rings. The highest BCUT2D eigenvalue weighted by molar-refractivity contribution is 4.73. The van der Waals surface area contributed by atoms with Crippen LogP contribution in [0.15, 0.2) is 0 Å². The summed E-state index contributed by atoms with van der Waals surface area (Å²) in [6.45, 7) is 6.38. The fourth-order valence-corrected chi connectivity index (χ4v) is 1.03. The lowest BCUT2D eigenvalue weighted by atomic mass is 10.2. The van der Waals surface area contributed by atoms with Gasteiger partial charge in [-0.25, -0.2) is 0 Å². The lowest BCUT2D eigenvalue weighted by Crippen LogP contribution is -2.12. The normalized spacial score (nSPS) is 34.3. The predicted molar refractivity (Wildman–Crippen MR) is 31.0 cm³/mol. The molecule has 1 saturated heterocycles. The molecule has 1 heteroatoms. The third-order valence-corrected chi connectivity index (χ3v) is 1.49. The van der Waals surface area contributed by atoms with E-state index in [1.165, 1.54) is 19.5 Å². The van der Waals surface area contributed by atoms with Gasteiger partial charge >= 0.3 is 0 Å². The van der Waals surface area contributed by atoms with Crippen LogP contribution in [0.4, 0.5) is 0 Å². The molecule has 0 spiro atoms. The van der Waals surface area contributed by atoms with Crippen molar-refractivity contribution < 1.29 is 0 Å². The smallest absolute Gasteiger partial charge is 0.000709 e. The Labute approximate surface area is 45.3 Å². The van der Waals surface area contributed by atoms with Crippen LogP contribution >= 0.6 is 0 Å². The van der Waals surface area contributed by atoms with Crippen LogP contribution in [0.5, 0.6) is 0 Å². The zero-order valence-electron chi connectivity index (χ0n) is 4.85. The molecule has 1 rings (SSSR count). The number of rotatable bonds is 0. The molecular weight excluding hydrogens is 86.1 g/mol. The number of hydrogen-bond donors (Lipinski definition) is 0. The van der Waals surface area contributed by atoms with Crippen molar-refractivity contribution in [1.82, 2.24) is 4.90 Å². The summed E-state index contributed by atoms with van der Waals surface area (Å²) in [4.78, 5) is 2.32. The Morgan fingerprint density at radius 3 is 2.57 bits per heavy atom. The Morgan fingerprint density at radius 2 is 2.43 bits per heavy atom. The first-order valence-electron chi connectivity index (χ1n) is 2.80. The van der Waals surface area contributed by atoms with Crippen LogP contribution in [0.3, 0.4) is 0 Å². The Hall–Kier alpha value is -0.0400. The second kappa shape index (κ2) is 1.83. The Morgan fingerprint density at radius 1 is 1.71 bits per heavy atom. The number of nitrogens with zero attached hydrogens (tertiary/aromatic N) is 1. The van der Waals surface area contributed by atoms with E-state index in [-0.39, 0.29) is 0 Å². The summed E-state index contributed by atoms with van der Waals surface area (Å²) in [6, 6.07) is 0. The van der Waals surface area contributed by atoms with Gasteiger partial charge in [0.25, 0.3) is 0 Å². The Bertz CT molecular complexity index is 53.2. The van der Waals surface area contributed by atoms with Gasteiger partial charge in [-0.2, -0.15) is 0 Å². The predicted octanol–water partition coefficient (Wildman–Crippen LogP) is 0.772. The van der Waals surface area contributed by atoms with E-state index in [0.717, 1.165) is 0 Å². The van der Waals surface area contributed by atoms with Gasteiger partial charge in [-0.05, 0) is 32.9 Å². The molecule has 0 aliphatic carbocycles. The molecule has 41 valence electrons. The summed E-state index contributed by atoms with van der Waals surface area (Å²) in [5, 5.41) is 0. The van der Waals surface area contributed by atoms with Crippen molar-refractivity contribution in [2.24, 2.45) is 5.92 Å². The molecular formula is C6H12N. The van der Waals surface area contributed by atoms with E-state index in [1.807, 2.05) is 0 Å². The first kappa shape index (κ1) is 5.10. The molecule has 1 radical (unpaired) electrons. The maximum Gasteiger partial charge on any atom is 0.000709 e. The van der Waals surface area contributed by atoms with Crippen LogP contribution in [0.2, 0.25) is 0 Å². The lowest BCUT2D eigenvalue weighted by molar-refractivity contribution is 0.407. The van der Waals surface area contributed by atoms with E-state index >= 15 is 0 Å². The summed E-state index contributed by atoms with van der Waals surface area (Å²) < 4.78 is 0. The topological polar surface area (TPSA) is 3.24 Å². The second-order valence-electron chi connectivity index (χ2n) is 2.42. The van der Waals surface area contributed by atoms with Crippen LogP contribution in [0, 0.1) is 12.8 Å². The summed E-state index contributed by atoms with van der Waals surface area (Å²) in [5.41, 5.74) is 0. The SMILES string of the molecule is [CH2][C@H]1CCN(C)C1. The van der Waals surface area contributed by atoms with Crippen LogP contribution in [0.25, 0.3) is 0 Å². The molecule has 0 aromatic rings. The molecule has 1 aliphatic heterocycles. The van der Waals surface area contributed by atoms with Crippen molar-refractivity contribution in [2.45, 2.75) is 6.42 Å². The van der Waals surface area contributed by atoms with Crippen molar-refractivity contribution in [3.05, 3.63) is 6.92 Å². The second-order valence-corrected chi connectivity index (χ2v) is 2.42. The Balaban J connectivity index is 2.26. The van der Waals surface area contributed by atoms with Gasteiger partial charge in [0.2, 0.25) is 0 Å². The molecule has 0 aromatic heterocycles. The van der Waals surface area contributed by atoms with Gasteiger partial charge in [0.1, 0.15) is 0 Å². The first-order chi connectivity index (χ1) is 3.29. The molecule has 1 nitrogen and oxygen atoms in total. The van der Waals surface area contributed by atoms with E-state index < -0.39 is 0 Å². The molecule has 0 N–H and O–H groups in total. The largest absolute Gasteiger partial charge is 0.306 e. The average Bonchev–Trinajstić information content (AvgIpc) is 1.87. The minimum absolute atomic E-state index is 0.699. The highest BCUT2D eigenvalue weighted by Crippen LogP contribution is 2.11. The fraction of sp³-hybridized carbons (Fsp3) is 0.833. The molecule has 0 saturated carbocycles. The van der Waals surface area contributed by atoms with Crippen molar-refractivity contribution >= 4 is 0 Å². The van der Waals surface area contributed by atoms with E-state index in [1.54, 1.807) is 0 Å². The molecule has 0 aromatic carbocycles. The van der Waals surface area contributed by atoms with E-state index in [4.69, 9.17) is 0 Å². The Kier molecular flexibility index (Phi) is 1.33. The van der Waals surface area contributed by atoms with E-state index in [2.05, 4.69) is 18.9 Å². The molecule has 1 atom stereocenters. The molecule has 0 amide bonds. The van der Waals surface area contributed by atoms with Gasteiger partial charge in [0.15, 0.2) is 0 Å². The van der Waals surface area contributed by atoms with Gasteiger partial charge in [-0.1, -0.05) is 0 Å². The van der Waals surface area contributed by atoms with Gasteiger partial charge in [-0.15, -0.1) is 0 Å². The van der Waals surface area contributed by atoms with Crippen LogP contribution in [-0.2, 0) is 0 Å². The van der Waals surface area contributed by atoms with Crippen molar-refractivity contribution in [2.75, 3.05) is 20.1 Å². The molecule has 0 bridgehead atoms. The molecule has 0 unspecified atom stereocenters. The highest BCUT2D eigenvalue weighted by Gasteiger charge is 2.13. The van der Waals surface area contributed by atoms with E-state index in [0.29, 0.717) is 5.92 Å². The minimum atomic E-state index is 0.699. The summed E-state index contributed by atoms with van der Waals surface area (Å²) >= 11 is 0. The molecule has 7 heavy (non-hydrogen) atoms. The van der Waals surface area contributed by atoms with Gasteiger partial charge in [0, 0.05) is 6.54 Å². The third kappa shape index (κ3) is 1.16. The zero-order chi connectivity index (χ0) is 5.28. The maximum absolute atomic E-state index is 3.95. The molecule has 1 fully saturated rings. The summed E-state index contributed by atoms with van der Waals surface area (Å²) in [6.07, 6.45) is 1.29. The standard InChI is InChI=1S/C6H12N/c1-6-3-4-7(2)5-6/h6H,1,3-5H2,2H3/t6-/m0/s1. The van der Waals surface area contributed by atoms with Crippen LogP contribution in [0.1, 0.15) is 6.42 Å². The third-order valence-electron chi connectivity index (χ3n) is 1.49. The van der Waals surface area contributed by atoms with Gasteiger partial charge in [-0.3, -0.25) is 0 Å². The molecule has 1 heterocycles. The van der Waals surface area contributed by atoms with Crippen LogP contribution < -0.4 is 0 Å². The summed E-state index contributed by atoms with van der Waals surface area (Å²) in [5.74, 6) is 0.699. The average molecular weight is 98.2 g/mol. The quantitative estimate of drug-likeness (QED) is 0.432. The monoisotopic (exact) mass is 98.1 g/mol. The van der Waals surface area contributed by atoms with Crippen LogP contribution in [-0.4, -0.2) is 25.0 Å². The fourth-order valence-electron chi connectivity index (χ4n) is 1.03. The minimum Gasteiger partial charge on any atom is -0.306 e. The number of likely N-dealkylation sites (tertiary alicyclic amines) is 1. The van der Waals surface area contributed by atoms with Gasteiger partial charge < -0.3 is 4.90 Å². The highest BCUT2D eigenvalue weighted by atomic mass is 15.1. The van der Waals surface area contributed by atoms with Crippen molar-refractivity contribution in [3.8, 4) is 0 Å². The van der Waals surface area contributed by atoms with E-state index in [9.17, 15) is 0 Å². The van der Waals surface area contributed by atoms with Crippen molar-refractivity contribution in [3.63, 3.8) is 0 Å². The first-order valence-corrected chi connectivity index (χ1v) is 2.80. The zero-order valence-corrected chi connectivity index (χ0v) is 4.85. The summed E-state index contributed by atoms with van der Waals surface area (Å²) in [7, 11) is 2.14. The maximum atomic E-state index is 3.95. The van der Waals surface area contributed by atoms with Crippen molar-refractivity contribution in [1.29, 1.82) is 0 Å². The lowest BCUT2D eigenvalue weighted by Gasteiger charge is -2.03. The van der Waals surface area contributed by atoms with Gasteiger partial charge in [0.05, 0.1) is 0 Å². The number of hydrogen-bond acceptors (Lipinski definition) is 1.